The van der Waals surface area contributed by atoms with Gasteiger partial charge in [-0.1, -0.05) is 6.07 Å². The Bertz CT molecular complexity index is 464. The number of nitrogens with one attached hydrogen (secondary N) is 1. The first-order valence-electron chi connectivity index (χ1n) is 7.93. The third-order valence-electron chi connectivity index (χ3n) is 4.63. The van der Waals surface area contributed by atoms with Gasteiger partial charge < -0.3 is 19.7 Å². The van der Waals surface area contributed by atoms with Crippen molar-refractivity contribution in [2.75, 3.05) is 44.1 Å². The number of hydrogen-bond acceptors (Lipinski definition) is 4. The van der Waals surface area contributed by atoms with Crippen LogP contribution >= 0.6 is 0 Å². The van der Waals surface area contributed by atoms with Gasteiger partial charge >= 0.3 is 0 Å². The molecular formula is C17H26N2O2. The van der Waals surface area contributed by atoms with Gasteiger partial charge in [0.1, 0.15) is 0 Å². The van der Waals surface area contributed by atoms with Crippen LogP contribution in [-0.4, -0.2) is 45.6 Å². The summed E-state index contributed by atoms with van der Waals surface area (Å²) >= 11 is 0. The fourth-order valence-electron chi connectivity index (χ4n) is 3.35. The van der Waals surface area contributed by atoms with Crippen LogP contribution in [0.4, 0.5) is 11.4 Å². The minimum Gasteiger partial charge on any atom is -0.382 e. The summed E-state index contributed by atoms with van der Waals surface area (Å²) in [5.41, 5.74) is 2.48. The molecule has 4 nitrogen and oxygen atoms in total. The van der Waals surface area contributed by atoms with Crippen molar-refractivity contribution in [1.29, 1.82) is 0 Å². The summed E-state index contributed by atoms with van der Waals surface area (Å²) in [5, 5.41) is 3.70. The Morgan fingerprint density at radius 1 is 1.19 bits per heavy atom. The molecule has 3 rings (SSSR count). The zero-order chi connectivity index (χ0) is 14.7. The van der Waals surface area contributed by atoms with Crippen LogP contribution in [0.1, 0.15) is 25.7 Å². The van der Waals surface area contributed by atoms with Crippen molar-refractivity contribution in [2.45, 2.75) is 37.3 Å². The van der Waals surface area contributed by atoms with Gasteiger partial charge in [0.2, 0.25) is 0 Å². The average molecular weight is 290 g/mol. The van der Waals surface area contributed by atoms with Crippen LogP contribution in [0, 0.1) is 0 Å². The molecule has 2 aliphatic heterocycles. The summed E-state index contributed by atoms with van der Waals surface area (Å²) in [4.78, 5) is 2.13. The maximum Gasteiger partial charge on any atom is 0.0745 e. The van der Waals surface area contributed by atoms with E-state index in [1.54, 1.807) is 0 Å². The summed E-state index contributed by atoms with van der Waals surface area (Å²) in [7, 11) is 4.15. The van der Waals surface area contributed by atoms with Crippen molar-refractivity contribution in [3.63, 3.8) is 0 Å². The van der Waals surface area contributed by atoms with E-state index in [4.69, 9.17) is 9.47 Å². The second-order valence-electron chi connectivity index (χ2n) is 6.42. The van der Waals surface area contributed by atoms with Gasteiger partial charge in [-0.05, 0) is 43.9 Å². The smallest absolute Gasteiger partial charge is 0.0745 e. The molecule has 0 aliphatic carbocycles. The second kappa shape index (κ2) is 6.24. The van der Waals surface area contributed by atoms with Crippen molar-refractivity contribution < 1.29 is 9.47 Å². The largest absolute Gasteiger partial charge is 0.382 e. The molecule has 4 heteroatoms. The molecule has 0 aromatic heterocycles. The van der Waals surface area contributed by atoms with Crippen LogP contribution in [0.2, 0.25) is 0 Å². The Kier molecular flexibility index (Phi) is 4.36. The van der Waals surface area contributed by atoms with Gasteiger partial charge in [-0.3, -0.25) is 0 Å². The van der Waals surface area contributed by atoms with Crippen LogP contribution in [0.5, 0.6) is 0 Å². The van der Waals surface area contributed by atoms with E-state index in [9.17, 15) is 0 Å². The van der Waals surface area contributed by atoms with Crippen LogP contribution in [-0.2, 0) is 9.47 Å². The topological polar surface area (TPSA) is 33.7 Å². The minimum atomic E-state index is 0.0489. The maximum atomic E-state index is 6.11. The van der Waals surface area contributed by atoms with Crippen LogP contribution in [0.25, 0.3) is 0 Å². The Balaban J connectivity index is 1.65. The highest BCUT2D eigenvalue weighted by Crippen LogP contribution is 2.35. The van der Waals surface area contributed by atoms with E-state index in [0.29, 0.717) is 6.04 Å². The molecule has 0 saturated carbocycles. The summed E-state index contributed by atoms with van der Waals surface area (Å²) in [5.74, 6) is 0. The zero-order valence-corrected chi connectivity index (χ0v) is 13.1. The van der Waals surface area contributed by atoms with Crippen LogP contribution in [0.3, 0.4) is 0 Å². The molecule has 1 unspecified atom stereocenters. The summed E-state index contributed by atoms with van der Waals surface area (Å²) in [6, 6.07) is 9.11. The maximum absolute atomic E-state index is 6.11. The lowest BCUT2D eigenvalue weighted by atomic mass is 9.84. The fourth-order valence-corrected chi connectivity index (χ4v) is 3.35. The molecule has 2 fully saturated rings. The number of nitrogens with zero attached hydrogens (tertiary/aromatic N) is 1. The molecule has 2 aliphatic rings. The van der Waals surface area contributed by atoms with Crippen molar-refractivity contribution in [3.05, 3.63) is 24.3 Å². The average Bonchev–Trinajstić information content (AvgIpc) is 2.48. The van der Waals surface area contributed by atoms with E-state index in [1.165, 1.54) is 11.4 Å². The van der Waals surface area contributed by atoms with Gasteiger partial charge in [0.25, 0.3) is 0 Å². The molecule has 0 radical (unpaired) electrons. The van der Waals surface area contributed by atoms with E-state index in [1.807, 2.05) is 0 Å². The molecule has 21 heavy (non-hydrogen) atoms. The van der Waals surface area contributed by atoms with E-state index in [2.05, 4.69) is 48.6 Å². The van der Waals surface area contributed by atoms with Gasteiger partial charge in [0, 0.05) is 51.3 Å². The van der Waals surface area contributed by atoms with Crippen LogP contribution in [0.15, 0.2) is 24.3 Å². The van der Waals surface area contributed by atoms with E-state index < -0.39 is 0 Å². The van der Waals surface area contributed by atoms with E-state index in [0.717, 1.165) is 45.5 Å². The number of anilines is 2. The molecule has 1 atom stereocenters. The lowest BCUT2D eigenvalue weighted by Crippen LogP contribution is -2.47. The predicted molar refractivity (Wildman–Crippen MR) is 86.1 cm³/mol. The first kappa shape index (κ1) is 14.7. The highest BCUT2D eigenvalue weighted by atomic mass is 16.5. The van der Waals surface area contributed by atoms with Crippen molar-refractivity contribution in [1.82, 2.24) is 0 Å². The van der Waals surface area contributed by atoms with Crippen molar-refractivity contribution in [2.24, 2.45) is 0 Å². The Morgan fingerprint density at radius 2 is 2.00 bits per heavy atom. The van der Waals surface area contributed by atoms with E-state index in [-0.39, 0.29) is 5.60 Å². The second-order valence-corrected chi connectivity index (χ2v) is 6.42. The third-order valence-corrected chi connectivity index (χ3v) is 4.63. The number of rotatable bonds is 3. The van der Waals surface area contributed by atoms with Crippen LogP contribution < -0.4 is 10.2 Å². The van der Waals surface area contributed by atoms with Gasteiger partial charge in [-0.25, -0.2) is 0 Å². The molecule has 0 amide bonds. The first-order chi connectivity index (χ1) is 10.2. The number of benzene rings is 1. The monoisotopic (exact) mass is 290 g/mol. The highest BCUT2D eigenvalue weighted by Gasteiger charge is 2.38. The Hall–Kier alpha value is -1.26. The van der Waals surface area contributed by atoms with Gasteiger partial charge in [0.05, 0.1) is 5.60 Å². The molecule has 2 saturated heterocycles. The minimum absolute atomic E-state index is 0.0489. The predicted octanol–water partition coefficient (Wildman–Crippen LogP) is 2.89. The molecule has 2 heterocycles. The summed E-state index contributed by atoms with van der Waals surface area (Å²) in [6.07, 6.45) is 4.23. The molecular weight excluding hydrogens is 264 g/mol. The fraction of sp³-hybridized carbons (Fsp3) is 0.647. The van der Waals surface area contributed by atoms with Gasteiger partial charge in [0.15, 0.2) is 0 Å². The number of hydrogen-bond donors (Lipinski definition) is 1. The lowest BCUT2D eigenvalue weighted by molar-refractivity contribution is -0.135. The Morgan fingerprint density at radius 3 is 2.76 bits per heavy atom. The van der Waals surface area contributed by atoms with Gasteiger partial charge in [-0.2, -0.15) is 0 Å². The van der Waals surface area contributed by atoms with E-state index >= 15 is 0 Å². The van der Waals surface area contributed by atoms with Crippen molar-refractivity contribution >= 4 is 11.4 Å². The quantitative estimate of drug-likeness (QED) is 0.928. The lowest BCUT2D eigenvalue weighted by Gasteiger charge is -2.43. The third kappa shape index (κ3) is 3.50. The highest BCUT2D eigenvalue weighted by molar-refractivity contribution is 5.57. The molecule has 116 valence electrons. The summed E-state index contributed by atoms with van der Waals surface area (Å²) < 4.78 is 11.6. The Labute approximate surface area is 127 Å². The molecule has 1 spiro atoms. The van der Waals surface area contributed by atoms with Gasteiger partial charge in [-0.15, -0.1) is 0 Å². The normalized spacial score (nSPS) is 24.8. The molecule has 1 N–H and O–H groups in total. The van der Waals surface area contributed by atoms with Crippen molar-refractivity contribution in [3.8, 4) is 0 Å². The zero-order valence-electron chi connectivity index (χ0n) is 13.1. The number of ether oxygens (including phenoxy) is 2. The molecule has 1 aromatic rings. The molecule has 1 aromatic carbocycles. The molecule has 0 bridgehead atoms. The first-order valence-corrected chi connectivity index (χ1v) is 7.93. The summed E-state index contributed by atoms with van der Waals surface area (Å²) in [6.45, 7) is 2.52. The SMILES string of the molecule is CN(C)c1cccc(NC2CCOC3(CCOCC3)C2)c1. The standard InChI is InChI=1S/C17H26N2O2/c1-19(2)16-5-3-4-14(12-16)18-15-6-9-21-17(13-15)7-10-20-11-8-17/h3-5,12,15,18H,6-11,13H2,1-2H3.